The van der Waals surface area contributed by atoms with Crippen LogP contribution in [0.2, 0.25) is 0 Å². The highest BCUT2D eigenvalue weighted by molar-refractivity contribution is 5.57. The van der Waals surface area contributed by atoms with Crippen LogP contribution in [0.4, 0.5) is 5.69 Å². The van der Waals surface area contributed by atoms with E-state index in [9.17, 15) is 0 Å². The smallest absolute Gasteiger partial charge is 0.0637 e. The van der Waals surface area contributed by atoms with E-state index in [0.29, 0.717) is 0 Å². The van der Waals surface area contributed by atoms with Crippen LogP contribution >= 0.6 is 0 Å². The number of likely N-dealkylation sites (N-methyl/N-ethyl adjacent to an activating group) is 1. The standard InChI is InChI=1S/C14H22N2O/c1-3-16(9-10-17-2)14-6-4-5-12-7-8-15-11-13(12)14/h4-6,15H,3,7-11H2,1-2H3. The molecule has 1 aliphatic rings. The largest absolute Gasteiger partial charge is 0.383 e. The zero-order valence-corrected chi connectivity index (χ0v) is 10.8. The second-order valence-electron chi connectivity index (χ2n) is 4.41. The minimum atomic E-state index is 0.783. The Morgan fingerprint density at radius 2 is 2.29 bits per heavy atom. The summed E-state index contributed by atoms with van der Waals surface area (Å²) in [5.41, 5.74) is 4.34. The lowest BCUT2D eigenvalue weighted by atomic mass is 9.98. The van der Waals surface area contributed by atoms with Gasteiger partial charge in [0.1, 0.15) is 0 Å². The molecule has 0 amide bonds. The maximum Gasteiger partial charge on any atom is 0.0637 e. The second kappa shape index (κ2) is 6.03. The Morgan fingerprint density at radius 1 is 1.41 bits per heavy atom. The fraction of sp³-hybridized carbons (Fsp3) is 0.571. The van der Waals surface area contributed by atoms with Crippen molar-refractivity contribution < 1.29 is 4.74 Å². The first kappa shape index (κ1) is 12.4. The number of nitrogens with zero attached hydrogens (tertiary/aromatic N) is 1. The monoisotopic (exact) mass is 234 g/mol. The van der Waals surface area contributed by atoms with Gasteiger partial charge in [0.15, 0.2) is 0 Å². The molecule has 3 heteroatoms. The van der Waals surface area contributed by atoms with Crippen molar-refractivity contribution in [1.29, 1.82) is 0 Å². The quantitative estimate of drug-likeness (QED) is 0.841. The molecule has 1 N–H and O–H groups in total. The van der Waals surface area contributed by atoms with E-state index < -0.39 is 0 Å². The van der Waals surface area contributed by atoms with E-state index in [4.69, 9.17) is 4.74 Å². The predicted molar refractivity (Wildman–Crippen MR) is 71.6 cm³/mol. The fourth-order valence-electron chi connectivity index (χ4n) is 2.44. The van der Waals surface area contributed by atoms with Crippen molar-refractivity contribution in [2.75, 3.05) is 38.3 Å². The van der Waals surface area contributed by atoms with Crippen LogP contribution in [0.5, 0.6) is 0 Å². The van der Waals surface area contributed by atoms with Crippen LogP contribution in [0.3, 0.4) is 0 Å². The van der Waals surface area contributed by atoms with Gasteiger partial charge in [-0.15, -0.1) is 0 Å². The first-order valence-corrected chi connectivity index (χ1v) is 6.42. The number of benzene rings is 1. The molecule has 1 aliphatic heterocycles. The maximum atomic E-state index is 5.18. The van der Waals surface area contributed by atoms with Gasteiger partial charge >= 0.3 is 0 Å². The molecule has 94 valence electrons. The predicted octanol–water partition coefficient (Wildman–Crippen LogP) is 1.81. The van der Waals surface area contributed by atoms with Crippen LogP contribution in [-0.4, -0.2) is 33.4 Å². The summed E-state index contributed by atoms with van der Waals surface area (Å²) in [6.07, 6.45) is 1.14. The molecule has 0 aliphatic carbocycles. The molecule has 0 aromatic heterocycles. The average molecular weight is 234 g/mol. The summed E-state index contributed by atoms with van der Waals surface area (Å²) in [4.78, 5) is 2.40. The average Bonchev–Trinajstić information content (AvgIpc) is 2.40. The molecule has 0 bridgehead atoms. The third kappa shape index (κ3) is 2.79. The fourth-order valence-corrected chi connectivity index (χ4v) is 2.44. The van der Waals surface area contributed by atoms with Crippen molar-refractivity contribution in [2.45, 2.75) is 19.9 Å². The van der Waals surface area contributed by atoms with Gasteiger partial charge in [-0.05, 0) is 37.1 Å². The molecular weight excluding hydrogens is 212 g/mol. The van der Waals surface area contributed by atoms with Gasteiger partial charge in [-0.2, -0.15) is 0 Å². The van der Waals surface area contributed by atoms with Crippen molar-refractivity contribution in [1.82, 2.24) is 5.32 Å². The van der Waals surface area contributed by atoms with Gasteiger partial charge in [-0.3, -0.25) is 0 Å². The van der Waals surface area contributed by atoms with E-state index in [1.807, 2.05) is 0 Å². The molecular formula is C14H22N2O. The number of nitrogens with one attached hydrogen (secondary N) is 1. The number of hydrogen-bond donors (Lipinski definition) is 1. The van der Waals surface area contributed by atoms with E-state index in [1.165, 1.54) is 16.8 Å². The zero-order chi connectivity index (χ0) is 12.1. The SMILES string of the molecule is CCN(CCOC)c1cccc2c1CNCC2. The summed E-state index contributed by atoms with van der Waals surface area (Å²) in [5, 5.41) is 3.46. The molecule has 3 nitrogen and oxygen atoms in total. The van der Waals surface area contributed by atoms with Gasteiger partial charge in [0.25, 0.3) is 0 Å². The molecule has 0 atom stereocenters. The second-order valence-corrected chi connectivity index (χ2v) is 4.41. The summed E-state index contributed by atoms with van der Waals surface area (Å²) in [5.74, 6) is 0. The Morgan fingerprint density at radius 3 is 3.06 bits per heavy atom. The van der Waals surface area contributed by atoms with Gasteiger partial charge in [0.05, 0.1) is 6.61 Å². The van der Waals surface area contributed by atoms with Crippen LogP contribution in [0, 0.1) is 0 Å². The summed E-state index contributed by atoms with van der Waals surface area (Å²) < 4.78 is 5.18. The van der Waals surface area contributed by atoms with Gasteiger partial charge < -0.3 is 15.0 Å². The van der Waals surface area contributed by atoms with Crippen molar-refractivity contribution >= 4 is 5.69 Å². The molecule has 1 aromatic carbocycles. The first-order chi connectivity index (χ1) is 8.36. The number of fused-ring (bicyclic) bond motifs is 1. The molecule has 0 radical (unpaired) electrons. The molecule has 0 fully saturated rings. The Kier molecular flexibility index (Phi) is 4.40. The maximum absolute atomic E-state index is 5.18. The lowest BCUT2D eigenvalue weighted by Crippen LogP contribution is -2.31. The summed E-state index contributed by atoms with van der Waals surface area (Å²) >= 11 is 0. The number of hydrogen-bond acceptors (Lipinski definition) is 3. The van der Waals surface area contributed by atoms with E-state index in [1.54, 1.807) is 7.11 Å². The number of rotatable bonds is 5. The Bertz CT molecular complexity index is 365. The molecule has 1 aromatic rings. The van der Waals surface area contributed by atoms with Crippen molar-refractivity contribution in [2.24, 2.45) is 0 Å². The third-order valence-corrected chi connectivity index (χ3v) is 3.41. The summed E-state index contributed by atoms with van der Waals surface area (Å²) in [6, 6.07) is 6.66. The minimum absolute atomic E-state index is 0.783. The topological polar surface area (TPSA) is 24.5 Å². The number of anilines is 1. The summed E-state index contributed by atoms with van der Waals surface area (Å²) in [6.45, 7) is 7.06. The Labute approximate surface area is 104 Å². The summed E-state index contributed by atoms with van der Waals surface area (Å²) in [7, 11) is 1.76. The van der Waals surface area contributed by atoms with Crippen molar-refractivity contribution in [3.8, 4) is 0 Å². The Hall–Kier alpha value is -1.06. The molecule has 2 rings (SSSR count). The number of ether oxygens (including phenoxy) is 1. The third-order valence-electron chi connectivity index (χ3n) is 3.41. The molecule has 17 heavy (non-hydrogen) atoms. The highest BCUT2D eigenvalue weighted by Gasteiger charge is 2.15. The van der Waals surface area contributed by atoms with E-state index >= 15 is 0 Å². The van der Waals surface area contributed by atoms with Gasteiger partial charge in [-0.1, -0.05) is 12.1 Å². The highest BCUT2D eigenvalue weighted by atomic mass is 16.5. The lowest BCUT2D eigenvalue weighted by Gasteiger charge is -2.29. The van der Waals surface area contributed by atoms with Crippen molar-refractivity contribution in [3.05, 3.63) is 29.3 Å². The van der Waals surface area contributed by atoms with Crippen LogP contribution in [0.1, 0.15) is 18.1 Å². The molecule has 1 heterocycles. The van der Waals surface area contributed by atoms with Crippen molar-refractivity contribution in [3.63, 3.8) is 0 Å². The normalized spacial score (nSPS) is 14.5. The molecule has 0 saturated carbocycles. The zero-order valence-electron chi connectivity index (χ0n) is 10.8. The van der Waals surface area contributed by atoms with E-state index in [2.05, 4.69) is 35.3 Å². The van der Waals surface area contributed by atoms with Crippen LogP contribution in [0.15, 0.2) is 18.2 Å². The number of methoxy groups -OCH3 is 1. The van der Waals surface area contributed by atoms with Crippen LogP contribution in [-0.2, 0) is 17.7 Å². The highest BCUT2D eigenvalue weighted by Crippen LogP contribution is 2.26. The molecule has 0 unspecified atom stereocenters. The Balaban J connectivity index is 2.23. The lowest BCUT2D eigenvalue weighted by molar-refractivity contribution is 0.205. The molecule has 0 saturated heterocycles. The first-order valence-electron chi connectivity index (χ1n) is 6.42. The van der Waals surface area contributed by atoms with Crippen LogP contribution < -0.4 is 10.2 Å². The van der Waals surface area contributed by atoms with E-state index in [-0.39, 0.29) is 0 Å². The van der Waals surface area contributed by atoms with Gasteiger partial charge in [-0.25, -0.2) is 0 Å². The van der Waals surface area contributed by atoms with E-state index in [0.717, 1.165) is 39.2 Å². The van der Waals surface area contributed by atoms with Gasteiger partial charge in [0.2, 0.25) is 0 Å². The minimum Gasteiger partial charge on any atom is -0.383 e. The van der Waals surface area contributed by atoms with Gasteiger partial charge in [0, 0.05) is 32.4 Å². The molecule has 0 spiro atoms. The van der Waals surface area contributed by atoms with Crippen LogP contribution in [0.25, 0.3) is 0 Å².